The third kappa shape index (κ3) is 2.29. The minimum absolute atomic E-state index is 0.0306. The lowest BCUT2D eigenvalue weighted by molar-refractivity contribution is -0.134. The first kappa shape index (κ1) is 14.3. The zero-order valence-corrected chi connectivity index (χ0v) is 13.8. The summed E-state index contributed by atoms with van der Waals surface area (Å²) in [6.07, 6.45) is 5.52. The molecular formula is C19H23N3O2. The van der Waals surface area contributed by atoms with Crippen LogP contribution >= 0.6 is 0 Å². The van der Waals surface area contributed by atoms with Crippen molar-refractivity contribution in [1.82, 2.24) is 14.5 Å². The van der Waals surface area contributed by atoms with Gasteiger partial charge in [-0.15, -0.1) is 0 Å². The quantitative estimate of drug-likeness (QED) is 0.943. The number of nitrogens with one attached hydrogen (secondary N) is 1. The summed E-state index contributed by atoms with van der Waals surface area (Å²) in [5.74, 6) is 2.22. The normalized spacial score (nSPS) is 27.6. The van der Waals surface area contributed by atoms with E-state index in [4.69, 9.17) is 0 Å². The van der Waals surface area contributed by atoms with Crippen molar-refractivity contribution < 1.29 is 4.79 Å². The highest BCUT2D eigenvalue weighted by molar-refractivity contribution is 5.82. The van der Waals surface area contributed by atoms with Crippen LogP contribution in [0, 0.1) is 17.8 Å². The van der Waals surface area contributed by atoms with E-state index < -0.39 is 0 Å². The molecule has 3 aliphatic rings. The number of likely N-dealkylation sites (tertiary alicyclic amines) is 1. The maximum Gasteiger partial charge on any atom is 0.326 e. The van der Waals surface area contributed by atoms with Crippen LogP contribution in [-0.2, 0) is 4.79 Å². The number of hydrogen-bond donors (Lipinski definition) is 1. The second-order valence-corrected chi connectivity index (χ2v) is 7.72. The number of piperidine rings is 1. The molecule has 1 amide bonds. The van der Waals surface area contributed by atoms with Crippen molar-refractivity contribution in [2.75, 3.05) is 13.1 Å². The largest absolute Gasteiger partial charge is 0.342 e. The molecule has 24 heavy (non-hydrogen) atoms. The van der Waals surface area contributed by atoms with Gasteiger partial charge in [-0.05, 0) is 56.1 Å². The second-order valence-electron chi connectivity index (χ2n) is 7.72. The topological polar surface area (TPSA) is 58.1 Å². The van der Waals surface area contributed by atoms with E-state index in [0.29, 0.717) is 17.7 Å². The fraction of sp³-hybridized carbons (Fsp3) is 0.579. The Kier molecular flexibility index (Phi) is 3.12. The summed E-state index contributed by atoms with van der Waals surface area (Å²) >= 11 is 0. The number of rotatable bonds is 3. The van der Waals surface area contributed by atoms with Gasteiger partial charge in [0.15, 0.2) is 0 Å². The molecule has 126 valence electrons. The van der Waals surface area contributed by atoms with Crippen LogP contribution < -0.4 is 5.69 Å². The van der Waals surface area contributed by atoms with Gasteiger partial charge >= 0.3 is 5.69 Å². The number of benzene rings is 1. The number of nitrogens with zero attached hydrogens (tertiary/aromatic N) is 2. The predicted octanol–water partition coefficient (Wildman–Crippen LogP) is 2.54. The molecule has 0 spiro atoms. The number of carbonyl (C=O) groups excluding carboxylic acids is 1. The van der Waals surface area contributed by atoms with Crippen molar-refractivity contribution in [3.63, 3.8) is 0 Å². The molecule has 1 saturated heterocycles. The minimum Gasteiger partial charge on any atom is -0.342 e. The summed E-state index contributed by atoms with van der Waals surface area (Å²) in [5, 5.41) is 0. The van der Waals surface area contributed by atoms with Crippen LogP contribution in [0.1, 0.15) is 38.1 Å². The Morgan fingerprint density at radius 3 is 2.58 bits per heavy atom. The molecule has 2 unspecified atom stereocenters. The molecular weight excluding hydrogens is 302 g/mol. The molecule has 0 bridgehead atoms. The number of aromatic nitrogens is 2. The smallest absolute Gasteiger partial charge is 0.326 e. The number of hydrogen-bond acceptors (Lipinski definition) is 2. The number of fused-ring (bicyclic) bond motifs is 1. The third-order valence-corrected chi connectivity index (χ3v) is 6.15. The summed E-state index contributed by atoms with van der Waals surface area (Å²) in [6, 6.07) is 8.04. The van der Waals surface area contributed by atoms with Gasteiger partial charge in [-0.2, -0.15) is 0 Å². The Morgan fingerprint density at radius 1 is 1.08 bits per heavy atom. The zero-order chi connectivity index (χ0) is 16.3. The highest BCUT2D eigenvalue weighted by Gasteiger charge is 2.52. The summed E-state index contributed by atoms with van der Waals surface area (Å²) < 4.78 is 1.89. The van der Waals surface area contributed by atoms with Gasteiger partial charge in [-0.1, -0.05) is 12.1 Å². The summed E-state index contributed by atoms with van der Waals surface area (Å²) in [7, 11) is 0. The standard InChI is InChI=1S/C19H23N3O2/c23-18(15-11-14(15)12-5-6-12)21-9-7-13(8-10-21)22-17-4-2-1-3-16(17)20-19(22)24/h1-4,12-15H,5-11H2,(H,20,24). The molecule has 2 aromatic rings. The molecule has 2 heterocycles. The van der Waals surface area contributed by atoms with E-state index in [-0.39, 0.29) is 11.7 Å². The van der Waals surface area contributed by atoms with Crippen LogP contribution in [0.15, 0.2) is 29.1 Å². The van der Waals surface area contributed by atoms with E-state index in [0.717, 1.165) is 49.3 Å². The number of carbonyl (C=O) groups is 1. The average molecular weight is 325 g/mol. The van der Waals surface area contributed by atoms with E-state index >= 15 is 0 Å². The van der Waals surface area contributed by atoms with Crippen LogP contribution in [0.4, 0.5) is 0 Å². The van der Waals surface area contributed by atoms with Gasteiger partial charge in [0.1, 0.15) is 0 Å². The van der Waals surface area contributed by atoms with E-state index in [1.807, 2.05) is 33.7 Å². The highest BCUT2D eigenvalue weighted by Crippen LogP contribution is 2.55. The Labute approximate surface area is 140 Å². The first-order valence-electron chi connectivity index (χ1n) is 9.20. The molecule has 3 fully saturated rings. The predicted molar refractivity (Wildman–Crippen MR) is 91.7 cm³/mol. The molecule has 0 radical (unpaired) electrons. The number of imidazole rings is 1. The molecule has 1 N–H and O–H groups in total. The Balaban J connectivity index is 1.29. The molecule has 5 heteroatoms. The summed E-state index contributed by atoms with van der Waals surface area (Å²) in [6.45, 7) is 1.56. The van der Waals surface area contributed by atoms with Gasteiger partial charge in [0, 0.05) is 25.0 Å². The van der Waals surface area contributed by atoms with Gasteiger partial charge in [-0.3, -0.25) is 9.36 Å². The average Bonchev–Trinajstić information content (AvgIpc) is 3.49. The first-order chi connectivity index (χ1) is 11.7. The first-order valence-corrected chi connectivity index (χ1v) is 9.20. The molecule has 2 aliphatic carbocycles. The van der Waals surface area contributed by atoms with Crippen molar-refractivity contribution in [1.29, 1.82) is 0 Å². The van der Waals surface area contributed by atoms with Crippen molar-refractivity contribution in [2.45, 2.75) is 38.1 Å². The lowest BCUT2D eigenvalue weighted by Crippen LogP contribution is -2.41. The second kappa shape index (κ2) is 5.23. The van der Waals surface area contributed by atoms with Crippen LogP contribution in [0.3, 0.4) is 0 Å². The minimum atomic E-state index is -0.0306. The van der Waals surface area contributed by atoms with Crippen molar-refractivity contribution in [2.24, 2.45) is 17.8 Å². The van der Waals surface area contributed by atoms with Crippen LogP contribution in [0.25, 0.3) is 11.0 Å². The number of aromatic amines is 1. The van der Waals surface area contributed by atoms with Gasteiger partial charge in [-0.25, -0.2) is 4.79 Å². The van der Waals surface area contributed by atoms with Gasteiger partial charge in [0.2, 0.25) is 5.91 Å². The van der Waals surface area contributed by atoms with Gasteiger partial charge in [0.05, 0.1) is 11.0 Å². The highest BCUT2D eigenvalue weighted by atomic mass is 16.2. The van der Waals surface area contributed by atoms with E-state index in [9.17, 15) is 9.59 Å². The SMILES string of the molecule is O=C(C1CC1C1CC1)N1CCC(n2c(=O)[nH]c3ccccc32)CC1. The third-order valence-electron chi connectivity index (χ3n) is 6.15. The Morgan fingerprint density at radius 2 is 1.83 bits per heavy atom. The molecule has 2 saturated carbocycles. The van der Waals surface area contributed by atoms with Crippen molar-refractivity contribution in [3.05, 3.63) is 34.7 Å². The Hall–Kier alpha value is -2.04. The van der Waals surface area contributed by atoms with E-state index in [1.165, 1.54) is 12.8 Å². The lowest BCUT2D eigenvalue weighted by atomic mass is 10.0. The number of H-pyrrole nitrogens is 1. The zero-order valence-electron chi connectivity index (χ0n) is 13.8. The number of amides is 1. The Bertz CT molecular complexity index is 840. The van der Waals surface area contributed by atoms with E-state index in [1.54, 1.807) is 0 Å². The maximum atomic E-state index is 12.6. The summed E-state index contributed by atoms with van der Waals surface area (Å²) in [4.78, 5) is 29.9. The van der Waals surface area contributed by atoms with E-state index in [2.05, 4.69) is 4.98 Å². The van der Waals surface area contributed by atoms with Gasteiger partial charge in [0.25, 0.3) is 0 Å². The fourth-order valence-corrected chi connectivity index (χ4v) is 4.56. The van der Waals surface area contributed by atoms with Crippen LogP contribution in [0.5, 0.6) is 0 Å². The van der Waals surface area contributed by atoms with Crippen LogP contribution in [0.2, 0.25) is 0 Å². The molecule has 5 rings (SSSR count). The lowest BCUT2D eigenvalue weighted by Gasteiger charge is -2.32. The monoisotopic (exact) mass is 325 g/mol. The maximum absolute atomic E-state index is 12.6. The van der Waals surface area contributed by atoms with Crippen LogP contribution in [-0.4, -0.2) is 33.4 Å². The van der Waals surface area contributed by atoms with Gasteiger partial charge < -0.3 is 9.88 Å². The number of para-hydroxylation sites is 2. The van der Waals surface area contributed by atoms with Crippen molar-refractivity contribution in [3.8, 4) is 0 Å². The molecule has 5 nitrogen and oxygen atoms in total. The fourth-order valence-electron chi connectivity index (χ4n) is 4.56. The molecule has 1 aromatic heterocycles. The summed E-state index contributed by atoms with van der Waals surface area (Å²) in [5.41, 5.74) is 1.84. The van der Waals surface area contributed by atoms with Crippen molar-refractivity contribution >= 4 is 16.9 Å². The molecule has 1 aliphatic heterocycles. The molecule has 2 atom stereocenters. The molecule has 1 aromatic carbocycles.